The third kappa shape index (κ3) is 1.11. The largest absolute Gasteiger partial charge is 0.472 e. The fourth-order valence-electron chi connectivity index (χ4n) is 1.74. The predicted molar refractivity (Wildman–Crippen MR) is 43.5 cm³/mol. The zero-order chi connectivity index (χ0) is 8.39. The maximum absolute atomic E-state index is 10.6. The van der Waals surface area contributed by atoms with Gasteiger partial charge in [-0.3, -0.25) is 4.79 Å². The summed E-state index contributed by atoms with van der Waals surface area (Å²) in [6.45, 7) is 0.874. The SMILES string of the molecule is O=CN1CCC[C@H]1c1ccoc1. The zero-order valence-electron chi connectivity index (χ0n) is 6.77. The van der Waals surface area contributed by atoms with Crippen molar-refractivity contribution in [2.75, 3.05) is 6.54 Å². The van der Waals surface area contributed by atoms with Crippen molar-refractivity contribution < 1.29 is 9.21 Å². The average molecular weight is 165 g/mol. The van der Waals surface area contributed by atoms with Gasteiger partial charge in [0.2, 0.25) is 6.41 Å². The van der Waals surface area contributed by atoms with Crippen LogP contribution in [0.3, 0.4) is 0 Å². The maximum atomic E-state index is 10.6. The minimum absolute atomic E-state index is 0.251. The quantitative estimate of drug-likeness (QED) is 0.623. The Labute approximate surface area is 71.0 Å². The van der Waals surface area contributed by atoms with Crippen LogP contribution in [0.15, 0.2) is 23.0 Å². The van der Waals surface area contributed by atoms with Crippen LogP contribution in [0.25, 0.3) is 0 Å². The van der Waals surface area contributed by atoms with Crippen LogP contribution in [0.1, 0.15) is 24.4 Å². The molecule has 3 heteroatoms. The summed E-state index contributed by atoms with van der Waals surface area (Å²) in [4.78, 5) is 12.4. The summed E-state index contributed by atoms with van der Waals surface area (Å²) in [5.41, 5.74) is 1.11. The van der Waals surface area contributed by atoms with Crippen molar-refractivity contribution >= 4 is 6.41 Å². The van der Waals surface area contributed by atoms with E-state index in [2.05, 4.69) is 0 Å². The van der Waals surface area contributed by atoms with Crippen molar-refractivity contribution in [3.05, 3.63) is 24.2 Å². The lowest BCUT2D eigenvalue weighted by Gasteiger charge is -2.17. The summed E-state index contributed by atoms with van der Waals surface area (Å²) in [6.07, 6.45) is 6.43. The molecule has 0 radical (unpaired) electrons. The number of hydrogen-bond acceptors (Lipinski definition) is 2. The topological polar surface area (TPSA) is 33.5 Å². The van der Waals surface area contributed by atoms with Gasteiger partial charge in [-0.2, -0.15) is 0 Å². The Hall–Kier alpha value is -1.25. The molecular weight excluding hydrogens is 154 g/mol. The van der Waals surface area contributed by atoms with Gasteiger partial charge in [0.05, 0.1) is 18.6 Å². The van der Waals surface area contributed by atoms with Gasteiger partial charge in [0.25, 0.3) is 0 Å². The lowest BCUT2D eigenvalue weighted by atomic mass is 10.1. The van der Waals surface area contributed by atoms with Crippen molar-refractivity contribution in [1.82, 2.24) is 4.90 Å². The molecule has 3 nitrogen and oxygen atoms in total. The number of furan rings is 1. The Morgan fingerprint density at radius 1 is 1.67 bits per heavy atom. The summed E-state index contributed by atoms with van der Waals surface area (Å²) < 4.78 is 4.98. The molecule has 0 bridgehead atoms. The van der Waals surface area contributed by atoms with Crippen LogP contribution in [-0.2, 0) is 4.79 Å². The molecule has 2 rings (SSSR count). The molecule has 0 aliphatic carbocycles. The van der Waals surface area contributed by atoms with E-state index in [0.717, 1.165) is 31.4 Å². The number of carbonyl (C=O) groups excluding carboxylic acids is 1. The van der Waals surface area contributed by atoms with E-state index < -0.39 is 0 Å². The minimum Gasteiger partial charge on any atom is -0.472 e. The van der Waals surface area contributed by atoms with E-state index >= 15 is 0 Å². The minimum atomic E-state index is 0.251. The van der Waals surface area contributed by atoms with Crippen molar-refractivity contribution in [3.8, 4) is 0 Å². The molecule has 0 N–H and O–H groups in total. The normalized spacial score (nSPS) is 23.0. The molecule has 0 saturated carbocycles. The van der Waals surface area contributed by atoms with Crippen molar-refractivity contribution in [3.63, 3.8) is 0 Å². The van der Waals surface area contributed by atoms with E-state index in [0.29, 0.717) is 0 Å². The molecular formula is C9H11NO2. The van der Waals surface area contributed by atoms with Gasteiger partial charge in [-0.25, -0.2) is 0 Å². The van der Waals surface area contributed by atoms with Crippen LogP contribution in [0.4, 0.5) is 0 Å². The highest BCUT2D eigenvalue weighted by Crippen LogP contribution is 2.30. The number of nitrogens with zero attached hydrogens (tertiary/aromatic N) is 1. The van der Waals surface area contributed by atoms with Gasteiger partial charge in [-0.15, -0.1) is 0 Å². The van der Waals surface area contributed by atoms with E-state index in [1.165, 1.54) is 0 Å². The molecule has 1 atom stereocenters. The first-order valence-electron chi connectivity index (χ1n) is 4.15. The molecule has 12 heavy (non-hydrogen) atoms. The maximum Gasteiger partial charge on any atom is 0.210 e. The van der Waals surface area contributed by atoms with Gasteiger partial charge in [-0.05, 0) is 18.9 Å². The molecule has 0 unspecified atom stereocenters. The monoisotopic (exact) mass is 165 g/mol. The zero-order valence-corrected chi connectivity index (χ0v) is 6.77. The smallest absolute Gasteiger partial charge is 0.210 e. The van der Waals surface area contributed by atoms with Gasteiger partial charge in [-0.1, -0.05) is 0 Å². The fourth-order valence-corrected chi connectivity index (χ4v) is 1.74. The van der Waals surface area contributed by atoms with E-state index in [9.17, 15) is 4.79 Å². The number of hydrogen-bond donors (Lipinski definition) is 0. The van der Waals surface area contributed by atoms with Crippen LogP contribution >= 0.6 is 0 Å². The van der Waals surface area contributed by atoms with Crippen molar-refractivity contribution in [2.24, 2.45) is 0 Å². The molecule has 1 aliphatic heterocycles. The third-order valence-corrected chi connectivity index (χ3v) is 2.36. The highest BCUT2D eigenvalue weighted by Gasteiger charge is 2.24. The van der Waals surface area contributed by atoms with Crippen LogP contribution < -0.4 is 0 Å². The highest BCUT2D eigenvalue weighted by atomic mass is 16.3. The van der Waals surface area contributed by atoms with Gasteiger partial charge in [0.15, 0.2) is 0 Å². The number of carbonyl (C=O) groups is 1. The van der Waals surface area contributed by atoms with Crippen LogP contribution in [-0.4, -0.2) is 17.9 Å². The Morgan fingerprint density at radius 2 is 2.58 bits per heavy atom. The molecule has 1 aliphatic rings. The Balaban J connectivity index is 2.18. The van der Waals surface area contributed by atoms with E-state index in [-0.39, 0.29) is 6.04 Å². The average Bonchev–Trinajstić information content (AvgIpc) is 2.74. The Morgan fingerprint density at radius 3 is 3.25 bits per heavy atom. The van der Waals surface area contributed by atoms with Crippen molar-refractivity contribution in [2.45, 2.75) is 18.9 Å². The number of likely N-dealkylation sites (tertiary alicyclic amines) is 1. The predicted octanol–water partition coefficient (Wildman–Crippen LogP) is 1.57. The molecule has 1 aromatic heterocycles. The van der Waals surface area contributed by atoms with Gasteiger partial charge in [0.1, 0.15) is 0 Å². The van der Waals surface area contributed by atoms with Crippen LogP contribution in [0.5, 0.6) is 0 Å². The molecule has 1 aromatic rings. The highest BCUT2D eigenvalue weighted by molar-refractivity contribution is 5.49. The summed E-state index contributed by atoms with van der Waals surface area (Å²) in [7, 11) is 0. The molecule has 0 spiro atoms. The fraction of sp³-hybridized carbons (Fsp3) is 0.444. The molecule has 1 amide bonds. The van der Waals surface area contributed by atoms with Crippen LogP contribution in [0, 0.1) is 0 Å². The van der Waals surface area contributed by atoms with Gasteiger partial charge < -0.3 is 9.32 Å². The molecule has 0 aromatic carbocycles. The molecule has 64 valence electrons. The second-order valence-corrected chi connectivity index (χ2v) is 3.06. The Kier molecular flexibility index (Phi) is 1.86. The molecule has 1 fully saturated rings. The molecule has 2 heterocycles. The first-order chi connectivity index (χ1) is 5.92. The summed E-state index contributed by atoms with van der Waals surface area (Å²) in [5, 5.41) is 0. The third-order valence-electron chi connectivity index (χ3n) is 2.36. The van der Waals surface area contributed by atoms with E-state index in [4.69, 9.17) is 4.42 Å². The van der Waals surface area contributed by atoms with Gasteiger partial charge in [0, 0.05) is 12.1 Å². The lowest BCUT2D eigenvalue weighted by molar-refractivity contribution is -0.118. The summed E-state index contributed by atoms with van der Waals surface area (Å²) in [5.74, 6) is 0. The first kappa shape index (κ1) is 7.40. The second-order valence-electron chi connectivity index (χ2n) is 3.06. The second kappa shape index (κ2) is 3.01. The number of rotatable bonds is 2. The standard InChI is InChI=1S/C9H11NO2/c11-7-10-4-1-2-9(10)8-3-5-12-6-8/h3,5-7,9H,1-2,4H2/t9-/m0/s1. The number of amides is 1. The Bertz CT molecular complexity index is 256. The van der Waals surface area contributed by atoms with Crippen LogP contribution in [0.2, 0.25) is 0 Å². The summed E-state index contributed by atoms with van der Waals surface area (Å²) in [6, 6.07) is 2.17. The van der Waals surface area contributed by atoms with Crippen molar-refractivity contribution in [1.29, 1.82) is 0 Å². The first-order valence-corrected chi connectivity index (χ1v) is 4.15. The molecule has 1 saturated heterocycles. The van der Waals surface area contributed by atoms with E-state index in [1.54, 1.807) is 12.5 Å². The summed E-state index contributed by atoms with van der Waals surface area (Å²) >= 11 is 0. The van der Waals surface area contributed by atoms with Gasteiger partial charge >= 0.3 is 0 Å². The van der Waals surface area contributed by atoms with E-state index in [1.807, 2.05) is 11.0 Å². The lowest BCUT2D eigenvalue weighted by Crippen LogP contribution is -2.20.